The van der Waals surface area contributed by atoms with Gasteiger partial charge in [-0.15, -0.1) is 0 Å². The van der Waals surface area contributed by atoms with Crippen LogP contribution < -0.4 is 9.80 Å². The van der Waals surface area contributed by atoms with Crippen LogP contribution in [0.3, 0.4) is 0 Å². The number of nitrogens with zero attached hydrogens (tertiary/aromatic N) is 2. The summed E-state index contributed by atoms with van der Waals surface area (Å²) in [6.45, 7) is 15.6. The van der Waals surface area contributed by atoms with Gasteiger partial charge in [0.25, 0.3) is 0 Å². The predicted molar refractivity (Wildman–Crippen MR) is 218 cm³/mol. The fourth-order valence-electron chi connectivity index (χ4n) is 8.34. The third-order valence-electron chi connectivity index (χ3n) is 10.9. The fraction of sp³-hybridized carbons (Fsp3) is 0.143. The van der Waals surface area contributed by atoms with Gasteiger partial charge in [0.2, 0.25) is 0 Å². The third kappa shape index (κ3) is 5.25. The van der Waals surface area contributed by atoms with Gasteiger partial charge in [-0.05, 0) is 136 Å². The summed E-state index contributed by atoms with van der Waals surface area (Å²) in [6.07, 6.45) is 8.18. The molecular formula is C49H44N2. The average molecular weight is 661 g/mol. The summed E-state index contributed by atoms with van der Waals surface area (Å²) in [7, 11) is 0. The number of anilines is 5. The van der Waals surface area contributed by atoms with Gasteiger partial charge >= 0.3 is 0 Å². The molecule has 0 aromatic heterocycles. The van der Waals surface area contributed by atoms with Gasteiger partial charge in [-0.2, -0.15) is 0 Å². The van der Waals surface area contributed by atoms with Crippen LogP contribution in [0.5, 0.6) is 0 Å². The molecule has 6 aromatic carbocycles. The van der Waals surface area contributed by atoms with E-state index >= 15 is 0 Å². The summed E-state index contributed by atoms with van der Waals surface area (Å²) in [4.78, 5) is 4.69. The van der Waals surface area contributed by atoms with Gasteiger partial charge in [-0.25, -0.2) is 0 Å². The number of allylic oxidation sites excluding steroid dienone is 4. The third-order valence-corrected chi connectivity index (χ3v) is 10.9. The molecule has 2 heteroatoms. The van der Waals surface area contributed by atoms with Crippen LogP contribution in [0.1, 0.15) is 56.9 Å². The first kappa shape index (κ1) is 32.4. The van der Waals surface area contributed by atoms with Gasteiger partial charge in [0, 0.05) is 45.0 Å². The Hall–Kier alpha value is -5.86. The summed E-state index contributed by atoms with van der Waals surface area (Å²) in [5.74, 6) is 0. The molecular weight excluding hydrogens is 617 g/mol. The maximum Gasteiger partial charge on any atom is 0.0465 e. The van der Waals surface area contributed by atoms with Crippen LogP contribution in [-0.4, -0.2) is 0 Å². The van der Waals surface area contributed by atoms with E-state index in [-0.39, 0.29) is 10.8 Å². The van der Waals surface area contributed by atoms with E-state index in [1.165, 1.54) is 50.2 Å². The highest BCUT2D eigenvalue weighted by molar-refractivity contribution is 5.92. The van der Waals surface area contributed by atoms with E-state index in [2.05, 4.69) is 209 Å². The number of hydrogen-bond donors (Lipinski definition) is 0. The quantitative estimate of drug-likeness (QED) is 0.150. The van der Waals surface area contributed by atoms with Gasteiger partial charge in [-0.1, -0.05) is 113 Å². The Kier molecular flexibility index (Phi) is 7.91. The number of benzene rings is 6. The van der Waals surface area contributed by atoms with Crippen LogP contribution in [0.2, 0.25) is 0 Å². The topological polar surface area (TPSA) is 6.48 Å². The van der Waals surface area contributed by atoms with Crippen LogP contribution in [-0.2, 0) is 10.8 Å². The molecule has 250 valence electrons. The molecule has 0 heterocycles. The Morgan fingerprint density at radius 3 is 1.39 bits per heavy atom. The standard InChI is InChI=1S/C49H44N2/c1-7-18-34(19-8-2)50(35-20-12-9-13-21-35)38-26-28-40-42-32-47-43(33-46(42)48(3,4)44(40)30-38)41-29-27-39(31-45(41)49(47,5)6)51(36-22-14-10-15-23-36)37-24-16-11-17-25-37/h7-33H,1H2,2-6H3. The number of para-hydroxylation sites is 3. The summed E-state index contributed by atoms with van der Waals surface area (Å²) < 4.78 is 0. The molecule has 2 aliphatic carbocycles. The summed E-state index contributed by atoms with van der Waals surface area (Å²) in [5, 5.41) is 0. The van der Waals surface area contributed by atoms with Crippen molar-refractivity contribution < 1.29 is 0 Å². The smallest absolute Gasteiger partial charge is 0.0465 e. The highest BCUT2D eigenvalue weighted by atomic mass is 15.1. The zero-order valence-electron chi connectivity index (χ0n) is 30.2. The lowest BCUT2D eigenvalue weighted by Gasteiger charge is -2.28. The first-order chi connectivity index (χ1) is 24.7. The largest absolute Gasteiger partial charge is 0.311 e. The fourth-order valence-corrected chi connectivity index (χ4v) is 8.34. The number of hydrogen-bond acceptors (Lipinski definition) is 2. The average Bonchev–Trinajstić information content (AvgIpc) is 3.51. The molecule has 0 bridgehead atoms. The molecule has 2 aliphatic rings. The van der Waals surface area contributed by atoms with Crippen LogP contribution in [0.4, 0.5) is 28.4 Å². The molecule has 8 rings (SSSR count). The van der Waals surface area contributed by atoms with Crippen molar-refractivity contribution in [2.24, 2.45) is 0 Å². The summed E-state index contributed by atoms with van der Waals surface area (Å²) in [5.41, 5.74) is 17.3. The minimum absolute atomic E-state index is 0.164. The normalized spacial score (nSPS) is 14.8. The minimum Gasteiger partial charge on any atom is -0.311 e. The van der Waals surface area contributed by atoms with Crippen molar-refractivity contribution in [1.29, 1.82) is 0 Å². The van der Waals surface area contributed by atoms with E-state index in [4.69, 9.17) is 0 Å². The molecule has 0 saturated carbocycles. The lowest BCUT2D eigenvalue weighted by molar-refractivity contribution is 0.652. The molecule has 0 unspecified atom stereocenters. The van der Waals surface area contributed by atoms with Gasteiger partial charge in [-0.3, -0.25) is 0 Å². The monoisotopic (exact) mass is 660 g/mol. The molecule has 0 N–H and O–H groups in total. The Morgan fingerprint density at radius 2 is 0.922 bits per heavy atom. The van der Waals surface area contributed by atoms with E-state index in [0.29, 0.717) is 0 Å². The molecule has 51 heavy (non-hydrogen) atoms. The van der Waals surface area contributed by atoms with E-state index in [0.717, 1.165) is 28.4 Å². The maximum absolute atomic E-state index is 4.02. The van der Waals surface area contributed by atoms with Crippen molar-refractivity contribution in [2.75, 3.05) is 9.80 Å². The van der Waals surface area contributed by atoms with Crippen molar-refractivity contribution in [3.63, 3.8) is 0 Å². The highest BCUT2D eigenvalue weighted by Crippen LogP contribution is 2.57. The van der Waals surface area contributed by atoms with Crippen molar-refractivity contribution in [3.8, 4) is 22.3 Å². The molecule has 0 radical (unpaired) electrons. The molecule has 0 saturated heterocycles. The Bertz CT molecular complexity index is 2290. The number of rotatable bonds is 8. The van der Waals surface area contributed by atoms with Crippen LogP contribution in [0.15, 0.2) is 176 Å². The van der Waals surface area contributed by atoms with Crippen molar-refractivity contribution in [3.05, 3.63) is 198 Å². The Balaban J connectivity index is 1.23. The van der Waals surface area contributed by atoms with Gasteiger partial charge < -0.3 is 9.80 Å². The molecule has 0 aliphatic heterocycles. The van der Waals surface area contributed by atoms with Crippen molar-refractivity contribution >= 4 is 28.4 Å². The highest BCUT2D eigenvalue weighted by Gasteiger charge is 2.42. The van der Waals surface area contributed by atoms with Gasteiger partial charge in [0.15, 0.2) is 0 Å². The second-order valence-corrected chi connectivity index (χ2v) is 14.7. The number of fused-ring (bicyclic) bond motifs is 6. The lowest BCUT2D eigenvalue weighted by Crippen LogP contribution is -2.19. The second-order valence-electron chi connectivity index (χ2n) is 14.7. The zero-order valence-corrected chi connectivity index (χ0v) is 30.2. The van der Waals surface area contributed by atoms with Crippen LogP contribution in [0, 0.1) is 0 Å². The first-order valence-electron chi connectivity index (χ1n) is 17.9. The second kappa shape index (κ2) is 12.5. The van der Waals surface area contributed by atoms with Gasteiger partial charge in [0.05, 0.1) is 0 Å². The molecule has 6 aromatic rings. The van der Waals surface area contributed by atoms with E-state index in [1.807, 2.05) is 6.08 Å². The molecule has 0 fully saturated rings. The zero-order chi connectivity index (χ0) is 35.3. The van der Waals surface area contributed by atoms with Crippen molar-refractivity contribution in [1.82, 2.24) is 0 Å². The lowest BCUT2D eigenvalue weighted by atomic mass is 9.79. The Morgan fingerprint density at radius 1 is 0.490 bits per heavy atom. The molecule has 0 amide bonds. The van der Waals surface area contributed by atoms with Gasteiger partial charge in [0.1, 0.15) is 0 Å². The van der Waals surface area contributed by atoms with E-state index in [9.17, 15) is 0 Å². The first-order valence-corrected chi connectivity index (χ1v) is 17.9. The van der Waals surface area contributed by atoms with Crippen molar-refractivity contribution in [2.45, 2.75) is 45.4 Å². The minimum atomic E-state index is -0.175. The summed E-state index contributed by atoms with van der Waals surface area (Å²) >= 11 is 0. The summed E-state index contributed by atoms with van der Waals surface area (Å²) in [6, 6.07) is 51.0. The molecule has 0 atom stereocenters. The predicted octanol–water partition coefficient (Wildman–Crippen LogP) is 13.6. The SMILES string of the molecule is C=CC=C(C=CC)N(c1ccccc1)c1ccc2c(c1)C(C)(C)c1cc3c(cc1-2)C(C)(C)c1cc(N(c2ccccc2)c2ccccc2)ccc1-3. The van der Waals surface area contributed by atoms with Crippen LogP contribution >= 0.6 is 0 Å². The van der Waals surface area contributed by atoms with E-state index < -0.39 is 0 Å². The van der Waals surface area contributed by atoms with Crippen LogP contribution in [0.25, 0.3) is 22.3 Å². The maximum atomic E-state index is 4.02. The Labute approximate surface area is 303 Å². The molecule has 0 spiro atoms. The molecule has 2 nitrogen and oxygen atoms in total. The van der Waals surface area contributed by atoms with E-state index in [1.54, 1.807) is 0 Å².